The predicted molar refractivity (Wildman–Crippen MR) is 151 cm³/mol. The zero-order chi connectivity index (χ0) is 32.1. The number of alkyl halides is 5. The van der Waals surface area contributed by atoms with Crippen molar-refractivity contribution in [1.29, 1.82) is 0 Å². The number of hydrogen-bond donors (Lipinski definition) is 1. The number of aromatic nitrogens is 3. The Labute approximate surface area is 253 Å². The first-order chi connectivity index (χ1) is 21.4. The summed E-state index contributed by atoms with van der Waals surface area (Å²) < 4.78 is 106. The van der Waals surface area contributed by atoms with Gasteiger partial charge in [-0.05, 0) is 49.4 Å². The Kier molecular flexibility index (Phi) is 7.93. The van der Waals surface area contributed by atoms with E-state index in [2.05, 4.69) is 20.3 Å². The van der Waals surface area contributed by atoms with E-state index < -0.39 is 68.8 Å². The van der Waals surface area contributed by atoms with Gasteiger partial charge in [0, 0.05) is 34.7 Å². The van der Waals surface area contributed by atoms with Gasteiger partial charge in [-0.15, -0.1) is 0 Å². The maximum atomic E-state index is 14.3. The lowest BCUT2D eigenvalue weighted by molar-refractivity contribution is 0.0914. The minimum atomic E-state index is -4.68. The molecule has 1 aliphatic carbocycles. The second-order valence-corrected chi connectivity index (χ2v) is 12.6. The summed E-state index contributed by atoms with van der Waals surface area (Å²) in [5, 5.41) is 3.15. The number of fused-ring (bicyclic) bond motifs is 2. The van der Waals surface area contributed by atoms with Crippen LogP contribution in [-0.2, 0) is 27.7 Å². The van der Waals surface area contributed by atoms with Crippen LogP contribution < -0.4 is 10.1 Å². The Morgan fingerprint density at radius 3 is 2.58 bits per heavy atom. The number of benzene rings is 1. The van der Waals surface area contributed by atoms with E-state index in [0.29, 0.717) is 34.6 Å². The monoisotopic (exact) mass is 648 g/mol. The fraction of sp³-hybridized carbons (Fsp3) is 0.333. The normalized spacial score (nSPS) is 20.0. The molecule has 0 radical (unpaired) electrons. The van der Waals surface area contributed by atoms with Crippen molar-refractivity contribution in [1.82, 2.24) is 20.3 Å². The van der Waals surface area contributed by atoms with Crippen LogP contribution in [0.5, 0.6) is 5.75 Å². The summed E-state index contributed by atoms with van der Waals surface area (Å²) in [4.78, 5) is 25.6. The molecule has 236 valence electrons. The van der Waals surface area contributed by atoms with E-state index in [4.69, 9.17) is 9.47 Å². The first-order valence-corrected chi connectivity index (χ1v) is 15.4. The van der Waals surface area contributed by atoms with Crippen molar-refractivity contribution < 1.29 is 44.6 Å². The zero-order valence-corrected chi connectivity index (χ0v) is 24.4. The van der Waals surface area contributed by atoms with Gasteiger partial charge in [0.2, 0.25) is 15.3 Å². The third kappa shape index (κ3) is 5.93. The SMILES string of the molecule is CCOc1ccc(-c2ccc3cnc(CNC(=O)c4cc(C(F)F)c5c(c4)S(=O)(=O)[C@@H](F)COC5)cc3n2)nc1C1CC1(F)F. The number of halogens is 5. The van der Waals surface area contributed by atoms with Crippen molar-refractivity contribution in [3.05, 3.63) is 76.7 Å². The Bertz CT molecular complexity index is 1920. The molecule has 1 saturated carbocycles. The highest BCUT2D eigenvalue weighted by atomic mass is 32.2. The second kappa shape index (κ2) is 11.6. The molecule has 1 unspecified atom stereocenters. The molecule has 1 N–H and O–H groups in total. The van der Waals surface area contributed by atoms with Crippen LogP contribution in [0, 0.1) is 0 Å². The molecule has 0 saturated heterocycles. The molecule has 6 rings (SSSR count). The van der Waals surface area contributed by atoms with Crippen LogP contribution in [0.2, 0.25) is 0 Å². The number of nitrogens with one attached hydrogen (secondary N) is 1. The van der Waals surface area contributed by atoms with E-state index in [-0.39, 0.29) is 30.0 Å². The van der Waals surface area contributed by atoms with Crippen LogP contribution in [0.4, 0.5) is 22.0 Å². The molecule has 0 bridgehead atoms. The van der Waals surface area contributed by atoms with Crippen LogP contribution in [-0.4, -0.2) is 53.9 Å². The molecular weight excluding hydrogens is 623 g/mol. The van der Waals surface area contributed by atoms with Crippen molar-refractivity contribution in [3.63, 3.8) is 0 Å². The van der Waals surface area contributed by atoms with E-state index in [1.165, 1.54) is 6.20 Å². The number of pyridine rings is 3. The summed E-state index contributed by atoms with van der Waals surface area (Å²) in [6, 6.07) is 9.89. The second-order valence-electron chi connectivity index (χ2n) is 10.6. The van der Waals surface area contributed by atoms with E-state index >= 15 is 0 Å². The number of hydrogen-bond acceptors (Lipinski definition) is 8. The van der Waals surface area contributed by atoms with Crippen LogP contribution in [0.1, 0.15) is 58.6 Å². The third-order valence-electron chi connectivity index (χ3n) is 7.54. The average molecular weight is 649 g/mol. The highest BCUT2D eigenvalue weighted by molar-refractivity contribution is 7.92. The molecule has 45 heavy (non-hydrogen) atoms. The number of sulfone groups is 1. The Morgan fingerprint density at radius 2 is 1.87 bits per heavy atom. The molecule has 4 heterocycles. The molecule has 1 aliphatic heterocycles. The van der Waals surface area contributed by atoms with Gasteiger partial charge in [0.1, 0.15) is 5.75 Å². The van der Waals surface area contributed by atoms with Crippen LogP contribution in [0.15, 0.2) is 53.6 Å². The molecule has 1 amide bonds. The highest BCUT2D eigenvalue weighted by Crippen LogP contribution is 2.57. The molecule has 1 aromatic carbocycles. The number of amides is 1. The van der Waals surface area contributed by atoms with Gasteiger partial charge in [-0.1, -0.05) is 0 Å². The van der Waals surface area contributed by atoms with Crippen molar-refractivity contribution in [2.24, 2.45) is 0 Å². The van der Waals surface area contributed by atoms with E-state index in [1.807, 2.05) is 0 Å². The smallest absolute Gasteiger partial charge is 0.264 e. The highest BCUT2D eigenvalue weighted by Gasteiger charge is 2.59. The minimum Gasteiger partial charge on any atom is -0.492 e. The van der Waals surface area contributed by atoms with Gasteiger partial charge < -0.3 is 14.8 Å². The van der Waals surface area contributed by atoms with Gasteiger partial charge in [0.15, 0.2) is 0 Å². The summed E-state index contributed by atoms with van der Waals surface area (Å²) in [7, 11) is -4.68. The molecule has 0 spiro atoms. The van der Waals surface area contributed by atoms with Gasteiger partial charge >= 0.3 is 0 Å². The molecule has 1 fully saturated rings. The lowest BCUT2D eigenvalue weighted by atomic mass is 10.0. The minimum absolute atomic E-state index is 0.162. The van der Waals surface area contributed by atoms with E-state index in [1.54, 1.807) is 37.3 Å². The average Bonchev–Trinajstić information content (AvgIpc) is 3.68. The van der Waals surface area contributed by atoms with Crippen molar-refractivity contribution in [2.75, 3.05) is 13.2 Å². The molecule has 3 aromatic heterocycles. The van der Waals surface area contributed by atoms with Gasteiger partial charge in [0.25, 0.3) is 18.3 Å². The van der Waals surface area contributed by atoms with Crippen LogP contribution in [0.3, 0.4) is 0 Å². The number of rotatable bonds is 8. The zero-order valence-electron chi connectivity index (χ0n) is 23.6. The Hall–Kier alpha value is -4.24. The third-order valence-corrected chi connectivity index (χ3v) is 9.33. The van der Waals surface area contributed by atoms with E-state index in [9.17, 15) is 35.2 Å². The van der Waals surface area contributed by atoms with Crippen LogP contribution in [0.25, 0.3) is 22.3 Å². The molecule has 15 heteroatoms. The maximum absolute atomic E-state index is 14.3. The summed E-state index contributed by atoms with van der Waals surface area (Å²) in [6.07, 6.45) is -1.96. The van der Waals surface area contributed by atoms with Crippen LogP contribution >= 0.6 is 0 Å². The molecule has 2 atom stereocenters. The standard InChI is InChI=1S/C30H25F5N4O5S/c1-2-44-24-6-5-22(39-27(24)20-10-30(20,34)35)21-4-3-15-11-36-17(9-23(15)38-21)12-37-29(40)16-7-18(28(32)33)19-13-43-14-26(31)45(41,42)25(19)8-16/h3-9,11,20,26,28H,2,10,12-14H2,1H3,(H,37,40)/t20?,26-/m1/s1. The fourth-order valence-electron chi connectivity index (χ4n) is 5.09. The topological polar surface area (TPSA) is 120 Å². The van der Waals surface area contributed by atoms with Crippen molar-refractivity contribution in [2.45, 2.75) is 55.2 Å². The number of carbonyl (C=O) groups is 1. The Morgan fingerprint density at radius 1 is 1.13 bits per heavy atom. The summed E-state index contributed by atoms with van der Waals surface area (Å²) in [5.74, 6) is -4.49. The molecule has 9 nitrogen and oxygen atoms in total. The maximum Gasteiger partial charge on any atom is 0.264 e. The lowest BCUT2D eigenvalue weighted by Gasteiger charge is -2.15. The quantitative estimate of drug-likeness (QED) is 0.243. The first-order valence-electron chi connectivity index (χ1n) is 13.9. The van der Waals surface area contributed by atoms with Crippen molar-refractivity contribution >= 4 is 26.6 Å². The van der Waals surface area contributed by atoms with E-state index in [0.717, 1.165) is 12.1 Å². The predicted octanol–water partition coefficient (Wildman–Crippen LogP) is 5.68. The van der Waals surface area contributed by atoms with Gasteiger partial charge in [0.05, 0.1) is 65.5 Å². The van der Waals surface area contributed by atoms with Crippen molar-refractivity contribution in [3.8, 4) is 17.1 Å². The Balaban J connectivity index is 1.25. The van der Waals surface area contributed by atoms with Gasteiger partial charge in [-0.3, -0.25) is 9.78 Å². The molecule has 4 aromatic rings. The summed E-state index contributed by atoms with van der Waals surface area (Å²) in [6.45, 7) is 0.478. The van der Waals surface area contributed by atoms with Gasteiger partial charge in [-0.25, -0.2) is 40.3 Å². The largest absolute Gasteiger partial charge is 0.492 e. The molecule has 2 aliphatic rings. The fourth-order valence-corrected chi connectivity index (χ4v) is 6.46. The first kappa shape index (κ1) is 30.8. The number of carbonyl (C=O) groups excluding carboxylic acids is 1. The van der Waals surface area contributed by atoms with Gasteiger partial charge in [-0.2, -0.15) is 0 Å². The molecular formula is C30H25F5N4O5S. The number of ether oxygens (including phenoxy) is 2. The summed E-state index contributed by atoms with van der Waals surface area (Å²) in [5.41, 5.74) is -2.31. The number of nitrogens with zero attached hydrogens (tertiary/aromatic N) is 3. The lowest BCUT2D eigenvalue weighted by Crippen LogP contribution is -2.25. The summed E-state index contributed by atoms with van der Waals surface area (Å²) >= 11 is 0.